The molecule has 292 valence electrons. The van der Waals surface area contributed by atoms with Crippen molar-refractivity contribution >= 4 is 29.5 Å². The van der Waals surface area contributed by atoms with Gasteiger partial charge in [0.2, 0.25) is 11.8 Å². The summed E-state index contributed by atoms with van der Waals surface area (Å²) in [5, 5.41) is 17.1. The van der Waals surface area contributed by atoms with Crippen LogP contribution in [0.3, 0.4) is 0 Å². The number of carboxylic acid groups (broad SMARTS) is 1. The van der Waals surface area contributed by atoms with E-state index in [1.807, 2.05) is 0 Å². The summed E-state index contributed by atoms with van der Waals surface area (Å²) in [7, 11) is 0. The van der Waals surface area contributed by atoms with Gasteiger partial charge in [0.05, 0.1) is 35.7 Å². The Kier molecular flexibility index (Phi) is 23.3. The molecule has 0 saturated heterocycles. The van der Waals surface area contributed by atoms with E-state index in [0.717, 1.165) is 0 Å². The summed E-state index contributed by atoms with van der Waals surface area (Å²) in [6, 6.07) is 0. The molecule has 0 aliphatic carbocycles. The van der Waals surface area contributed by atoms with E-state index in [1.54, 1.807) is 83.1 Å². The number of hydrogen-bond donors (Lipinski definition) is 2. The van der Waals surface area contributed by atoms with E-state index < -0.39 is 47.4 Å². The fraction of sp³-hybridized carbons (Fsp3) is 0.447. The van der Waals surface area contributed by atoms with Gasteiger partial charge >= 0.3 is 47.5 Å². The first-order chi connectivity index (χ1) is 24.8. The molecule has 0 bridgehead atoms. The average Bonchev–Trinajstić information content (AvgIpc) is 3.03. The first-order valence-corrected chi connectivity index (χ1v) is 16.5. The third kappa shape index (κ3) is 22.2. The zero-order chi connectivity index (χ0) is 42.0. The fourth-order valence-electron chi connectivity index (χ4n) is 3.18. The Labute approximate surface area is 351 Å². The number of nitrogens with zero attached hydrogens (tertiary/aromatic N) is 6. The van der Waals surface area contributed by atoms with Crippen LogP contribution in [0, 0.1) is 57.8 Å². The smallest absolute Gasteiger partial charge is 1.00 e. The summed E-state index contributed by atoms with van der Waals surface area (Å²) in [6.07, 6.45) is 17.5. The monoisotopic (exact) mass is 790 g/mol. The zero-order valence-electron chi connectivity index (χ0n) is 34.5. The van der Waals surface area contributed by atoms with Gasteiger partial charge in [0, 0.05) is 0 Å². The third-order valence-electron chi connectivity index (χ3n) is 5.46. The van der Waals surface area contributed by atoms with Crippen molar-refractivity contribution in [2.24, 2.45) is 0 Å². The molecular formula is C38H48ClN6NaO9. The number of aromatic nitrogens is 6. The number of aliphatic hydroxyl groups excluding tert-OH is 1. The van der Waals surface area contributed by atoms with Gasteiger partial charge in [-0.25, -0.2) is 44.3 Å². The molecule has 3 aromatic heterocycles. The largest absolute Gasteiger partial charge is 1.00 e. The molecule has 0 aliphatic heterocycles. The fourth-order valence-corrected chi connectivity index (χ4v) is 3.36. The minimum absolute atomic E-state index is 0. The van der Waals surface area contributed by atoms with Gasteiger partial charge in [-0.3, -0.25) is 0 Å². The number of aryl methyl sites for hydroxylation is 3. The summed E-state index contributed by atoms with van der Waals surface area (Å²) in [4.78, 5) is 57.7. The molecule has 0 aliphatic rings. The molecule has 3 rings (SSSR count). The van der Waals surface area contributed by atoms with Gasteiger partial charge in [-0.15, -0.1) is 19.3 Å². The second-order valence-electron chi connectivity index (χ2n) is 12.9. The SMILES string of the molecule is C#C[C@H](C)O.C#C[C@H](C)Oc1cnc(C(=O)O)c(C)n1.C#C[C@H](C)Oc1cnc(C(=O)OC(C)(C)C)c(C)n1.Cc1nc(Cl)cnc1C(=O)OC(C)(C)C.[H-].[Na+]. The van der Waals surface area contributed by atoms with Gasteiger partial charge < -0.3 is 30.6 Å². The Hall–Kier alpha value is -4.82. The predicted octanol–water partition coefficient (Wildman–Crippen LogP) is 2.54. The van der Waals surface area contributed by atoms with Crippen LogP contribution in [0.2, 0.25) is 5.15 Å². The van der Waals surface area contributed by atoms with Crippen LogP contribution in [0.5, 0.6) is 11.8 Å². The van der Waals surface area contributed by atoms with Gasteiger partial charge in [0.1, 0.15) is 22.5 Å². The van der Waals surface area contributed by atoms with Crippen molar-refractivity contribution in [2.45, 2.75) is 113 Å². The Balaban J connectivity index is -0.000000702. The van der Waals surface area contributed by atoms with E-state index in [9.17, 15) is 14.4 Å². The maximum absolute atomic E-state index is 11.9. The normalized spacial score (nSPS) is 11.7. The van der Waals surface area contributed by atoms with Crippen molar-refractivity contribution in [1.82, 2.24) is 29.9 Å². The molecule has 0 radical (unpaired) electrons. The van der Waals surface area contributed by atoms with Crippen molar-refractivity contribution in [3.05, 3.63) is 57.9 Å². The molecule has 15 nitrogen and oxygen atoms in total. The first-order valence-electron chi connectivity index (χ1n) is 16.1. The van der Waals surface area contributed by atoms with Crippen molar-refractivity contribution in [3.63, 3.8) is 0 Å². The summed E-state index contributed by atoms with van der Waals surface area (Å²) < 4.78 is 20.9. The van der Waals surface area contributed by atoms with Gasteiger partial charge in [-0.2, -0.15) is 0 Å². The minimum Gasteiger partial charge on any atom is -1.00 e. The number of terminal acetylenes is 3. The molecule has 0 unspecified atom stereocenters. The standard InChI is InChI=1S/C14H18N2O3.C10H13ClN2O2.C10H10N2O3.C4H6O.Na.H/c1-7-9(2)18-11-8-15-12(10(3)16-11)13(17)19-14(4,5)6;1-6-8(12-5-7(11)13-6)9(14)15-10(2,3)4;1-4-6(2)15-8-5-11-9(10(13)14)7(3)12-8;1-3-4(2)5;;/h1,8-9H,2-6H3;5H,1-4H3;1,5-6H,2-3H3,(H,13,14);1,4-5H,2H3;;/q;;;;+1;-1/t9-;;6-;4-;;/m0.00../s1. The maximum atomic E-state index is 11.9. The second kappa shape index (κ2) is 24.6. The van der Waals surface area contributed by atoms with E-state index in [4.69, 9.17) is 53.6 Å². The molecule has 0 saturated carbocycles. The first kappa shape index (κ1) is 52.3. The molecule has 0 aromatic carbocycles. The Morgan fingerprint density at radius 1 is 0.691 bits per heavy atom. The number of carboxylic acids is 1. The summed E-state index contributed by atoms with van der Waals surface area (Å²) in [5.41, 5.74) is 0.390. The van der Waals surface area contributed by atoms with Crippen LogP contribution in [0.25, 0.3) is 0 Å². The van der Waals surface area contributed by atoms with Crippen LogP contribution >= 0.6 is 11.6 Å². The summed E-state index contributed by atoms with van der Waals surface area (Å²) in [6.45, 7) is 20.6. The van der Waals surface area contributed by atoms with Crippen molar-refractivity contribution < 1.29 is 74.5 Å². The van der Waals surface area contributed by atoms with Crippen LogP contribution in [-0.2, 0) is 9.47 Å². The molecule has 0 fully saturated rings. The van der Waals surface area contributed by atoms with Crippen LogP contribution in [0.4, 0.5) is 0 Å². The number of carbonyl (C=O) groups excluding carboxylic acids is 2. The van der Waals surface area contributed by atoms with E-state index in [0.29, 0.717) is 17.1 Å². The molecule has 3 atom stereocenters. The van der Waals surface area contributed by atoms with Crippen molar-refractivity contribution in [3.8, 4) is 48.8 Å². The van der Waals surface area contributed by atoms with E-state index in [-0.39, 0.29) is 65.0 Å². The predicted molar refractivity (Wildman–Crippen MR) is 202 cm³/mol. The summed E-state index contributed by atoms with van der Waals surface area (Å²) in [5.74, 6) is 5.28. The van der Waals surface area contributed by atoms with E-state index in [1.165, 1.54) is 18.6 Å². The van der Waals surface area contributed by atoms with Crippen LogP contribution in [0.15, 0.2) is 18.6 Å². The second-order valence-corrected chi connectivity index (χ2v) is 13.3. The summed E-state index contributed by atoms with van der Waals surface area (Å²) >= 11 is 5.63. The number of aromatic carboxylic acids is 1. The molecular weight excluding hydrogens is 743 g/mol. The molecule has 3 heterocycles. The Bertz CT molecular complexity index is 1880. The van der Waals surface area contributed by atoms with Crippen LogP contribution < -0.4 is 39.0 Å². The third-order valence-corrected chi connectivity index (χ3v) is 5.64. The number of aliphatic hydroxyl groups is 1. The average molecular weight is 791 g/mol. The van der Waals surface area contributed by atoms with Crippen molar-refractivity contribution in [1.29, 1.82) is 0 Å². The van der Waals surface area contributed by atoms with Gasteiger partial charge in [-0.05, 0) is 83.1 Å². The molecule has 55 heavy (non-hydrogen) atoms. The molecule has 17 heteroatoms. The maximum Gasteiger partial charge on any atom is 1.00 e. The topological polar surface area (TPSA) is 206 Å². The quantitative estimate of drug-likeness (QED) is 0.200. The Morgan fingerprint density at radius 3 is 1.29 bits per heavy atom. The van der Waals surface area contributed by atoms with Crippen LogP contribution in [0.1, 0.15) is 112 Å². The van der Waals surface area contributed by atoms with E-state index in [2.05, 4.69) is 54.1 Å². The van der Waals surface area contributed by atoms with Gasteiger partial charge in [0.15, 0.2) is 29.3 Å². The number of rotatable bonds is 7. The van der Waals surface area contributed by atoms with Gasteiger partial charge in [0.25, 0.3) is 0 Å². The number of halogens is 1. The molecule has 0 spiro atoms. The zero-order valence-corrected chi connectivity index (χ0v) is 36.3. The Morgan fingerprint density at radius 2 is 1.02 bits per heavy atom. The number of hydrogen-bond acceptors (Lipinski definition) is 14. The van der Waals surface area contributed by atoms with E-state index >= 15 is 0 Å². The molecule has 3 aromatic rings. The minimum atomic E-state index is -1.11. The number of esters is 2. The number of carbonyl (C=O) groups is 3. The number of ether oxygens (including phenoxy) is 4. The molecule has 2 N–H and O–H groups in total. The van der Waals surface area contributed by atoms with Crippen molar-refractivity contribution in [2.75, 3.05) is 0 Å². The van der Waals surface area contributed by atoms with Gasteiger partial charge in [-0.1, -0.05) is 29.4 Å². The van der Waals surface area contributed by atoms with Crippen LogP contribution in [-0.4, -0.2) is 87.5 Å². The molecule has 0 amide bonds.